The average Bonchev–Trinajstić information content (AvgIpc) is 2.49. The van der Waals surface area contributed by atoms with Crippen LogP contribution >= 0.6 is 15.9 Å². The van der Waals surface area contributed by atoms with Gasteiger partial charge < -0.3 is 14.6 Å². The van der Waals surface area contributed by atoms with E-state index in [-0.39, 0.29) is 23.0 Å². The predicted octanol–water partition coefficient (Wildman–Crippen LogP) is 4.15. The van der Waals surface area contributed by atoms with Crippen LogP contribution in [0.4, 0.5) is 0 Å². The number of carboxylic acid groups (broad SMARTS) is 1. The second kappa shape index (κ2) is 7.28. The standard InChI is InChI=1S/C17H15BrO5/c1-10(2)22-15-8-7-11(9-13(15)18)17(21)23-14-6-4-3-5-12(14)16(19)20/h3-10H,1-2H3,(H,19,20). The zero-order valence-corrected chi connectivity index (χ0v) is 14.2. The average molecular weight is 379 g/mol. The predicted molar refractivity (Wildman–Crippen MR) is 88.3 cm³/mol. The largest absolute Gasteiger partial charge is 0.490 e. The number of carbonyl (C=O) groups is 2. The molecule has 0 fully saturated rings. The number of aromatic carboxylic acids is 1. The molecule has 0 heterocycles. The van der Waals surface area contributed by atoms with E-state index in [1.54, 1.807) is 30.3 Å². The minimum atomic E-state index is -1.16. The Morgan fingerprint density at radius 2 is 1.78 bits per heavy atom. The summed E-state index contributed by atoms with van der Waals surface area (Å²) in [6, 6.07) is 10.8. The van der Waals surface area contributed by atoms with Gasteiger partial charge in [-0.25, -0.2) is 9.59 Å². The van der Waals surface area contributed by atoms with Crippen molar-refractivity contribution < 1.29 is 24.2 Å². The van der Waals surface area contributed by atoms with Gasteiger partial charge in [-0.05, 0) is 60.1 Å². The maximum Gasteiger partial charge on any atom is 0.343 e. The summed E-state index contributed by atoms with van der Waals surface area (Å²) < 4.78 is 11.4. The number of benzene rings is 2. The topological polar surface area (TPSA) is 72.8 Å². The van der Waals surface area contributed by atoms with E-state index in [9.17, 15) is 9.59 Å². The van der Waals surface area contributed by atoms with Gasteiger partial charge in [0, 0.05) is 0 Å². The maximum atomic E-state index is 12.2. The smallest absolute Gasteiger partial charge is 0.343 e. The van der Waals surface area contributed by atoms with Crippen LogP contribution in [0.5, 0.6) is 11.5 Å². The minimum absolute atomic E-state index is 0.00336. The molecule has 1 N–H and O–H groups in total. The molecular weight excluding hydrogens is 364 g/mol. The number of halogens is 1. The molecule has 2 aromatic carbocycles. The molecule has 0 aromatic heterocycles. The van der Waals surface area contributed by atoms with Gasteiger partial charge in [-0.3, -0.25) is 0 Å². The van der Waals surface area contributed by atoms with E-state index in [1.807, 2.05) is 13.8 Å². The van der Waals surface area contributed by atoms with E-state index in [1.165, 1.54) is 12.1 Å². The molecule has 0 saturated heterocycles. The zero-order chi connectivity index (χ0) is 17.0. The molecule has 23 heavy (non-hydrogen) atoms. The van der Waals surface area contributed by atoms with Crippen LogP contribution in [0, 0.1) is 0 Å². The van der Waals surface area contributed by atoms with Crippen molar-refractivity contribution >= 4 is 27.9 Å². The summed E-state index contributed by atoms with van der Waals surface area (Å²) in [7, 11) is 0. The highest BCUT2D eigenvalue weighted by atomic mass is 79.9. The number of ether oxygens (including phenoxy) is 2. The lowest BCUT2D eigenvalue weighted by atomic mass is 10.2. The Hall–Kier alpha value is -2.34. The molecule has 0 aliphatic rings. The second-order valence-electron chi connectivity index (χ2n) is 5.00. The van der Waals surface area contributed by atoms with Gasteiger partial charge in [0.25, 0.3) is 0 Å². The molecule has 0 amide bonds. The summed E-state index contributed by atoms with van der Waals surface area (Å²) in [6.45, 7) is 3.80. The lowest BCUT2D eigenvalue weighted by Crippen LogP contribution is -2.12. The summed E-state index contributed by atoms with van der Waals surface area (Å²) in [6.07, 6.45) is 0.00606. The molecule has 6 heteroatoms. The van der Waals surface area contributed by atoms with Gasteiger partial charge in [-0.1, -0.05) is 12.1 Å². The third-order valence-electron chi connectivity index (χ3n) is 2.85. The number of carbonyl (C=O) groups excluding carboxylic acids is 1. The summed E-state index contributed by atoms with van der Waals surface area (Å²) >= 11 is 3.34. The van der Waals surface area contributed by atoms with Gasteiger partial charge in [-0.2, -0.15) is 0 Å². The molecule has 0 saturated carbocycles. The van der Waals surface area contributed by atoms with Crippen LogP contribution in [-0.4, -0.2) is 23.1 Å². The van der Waals surface area contributed by atoms with Gasteiger partial charge in [-0.15, -0.1) is 0 Å². The fourth-order valence-corrected chi connectivity index (χ4v) is 2.34. The first-order chi connectivity index (χ1) is 10.9. The Labute approximate surface area is 142 Å². The highest BCUT2D eigenvalue weighted by molar-refractivity contribution is 9.10. The number of para-hydroxylation sites is 1. The first-order valence-corrected chi connectivity index (χ1v) is 7.68. The normalized spacial score (nSPS) is 10.4. The fourth-order valence-electron chi connectivity index (χ4n) is 1.87. The number of esters is 1. The lowest BCUT2D eigenvalue weighted by Gasteiger charge is -2.12. The van der Waals surface area contributed by atoms with E-state index in [0.29, 0.717) is 10.2 Å². The van der Waals surface area contributed by atoms with E-state index >= 15 is 0 Å². The molecule has 0 bridgehead atoms. The summed E-state index contributed by atoms with van der Waals surface area (Å²) in [5, 5.41) is 9.10. The highest BCUT2D eigenvalue weighted by Gasteiger charge is 2.16. The summed E-state index contributed by atoms with van der Waals surface area (Å²) in [5.74, 6) is -1.18. The Balaban J connectivity index is 2.22. The molecule has 0 atom stereocenters. The third-order valence-corrected chi connectivity index (χ3v) is 3.47. The van der Waals surface area contributed by atoms with E-state index < -0.39 is 11.9 Å². The monoisotopic (exact) mass is 378 g/mol. The van der Waals surface area contributed by atoms with Crippen molar-refractivity contribution in [2.24, 2.45) is 0 Å². The summed E-state index contributed by atoms with van der Waals surface area (Å²) in [5.41, 5.74) is 0.216. The zero-order valence-electron chi connectivity index (χ0n) is 12.6. The molecule has 0 spiro atoms. The molecule has 120 valence electrons. The van der Waals surface area contributed by atoms with Crippen molar-refractivity contribution in [3.05, 3.63) is 58.1 Å². The van der Waals surface area contributed by atoms with Gasteiger partial charge in [0.1, 0.15) is 17.1 Å². The van der Waals surface area contributed by atoms with E-state index in [2.05, 4.69) is 15.9 Å². The Kier molecular flexibility index (Phi) is 5.39. The van der Waals surface area contributed by atoms with Crippen LogP contribution < -0.4 is 9.47 Å². The third kappa shape index (κ3) is 4.32. The number of carboxylic acids is 1. The molecule has 0 radical (unpaired) electrons. The van der Waals surface area contributed by atoms with Gasteiger partial charge >= 0.3 is 11.9 Å². The lowest BCUT2D eigenvalue weighted by molar-refractivity contribution is 0.0681. The quantitative estimate of drug-likeness (QED) is 0.624. The van der Waals surface area contributed by atoms with Crippen molar-refractivity contribution in [3.63, 3.8) is 0 Å². The molecule has 2 aromatic rings. The number of hydrogen-bond acceptors (Lipinski definition) is 4. The van der Waals surface area contributed by atoms with Crippen molar-refractivity contribution in [1.82, 2.24) is 0 Å². The van der Waals surface area contributed by atoms with Crippen LogP contribution in [-0.2, 0) is 0 Å². The molecule has 0 aliphatic carbocycles. The van der Waals surface area contributed by atoms with Crippen molar-refractivity contribution in [2.45, 2.75) is 20.0 Å². The van der Waals surface area contributed by atoms with Crippen LogP contribution in [0.15, 0.2) is 46.9 Å². The van der Waals surface area contributed by atoms with Gasteiger partial charge in [0.15, 0.2) is 0 Å². The first-order valence-electron chi connectivity index (χ1n) is 6.89. The summed E-state index contributed by atoms with van der Waals surface area (Å²) in [4.78, 5) is 23.3. The van der Waals surface area contributed by atoms with Crippen molar-refractivity contribution in [3.8, 4) is 11.5 Å². The van der Waals surface area contributed by atoms with Crippen LogP contribution in [0.2, 0.25) is 0 Å². The van der Waals surface area contributed by atoms with Gasteiger partial charge in [0.2, 0.25) is 0 Å². The maximum absolute atomic E-state index is 12.2. The Morgan fingerprint density at radius 3 is 2.39 bits per heavy atom. The molecule has 2 rings (SSSR count). The SMILES string of the molecule is CC(C)Oc1ccc(C(=O)Oc2ccccc2C(=O)O)cc1Br. The fraction of sp³-hybridized carbons (Fsp3) is 0.176. The highest BCUT2D eigenvalue weighted by Crippen LogP contribution is 2.28. The van der Waals surface area contributed by atoms with Gasteiger partial charge in [0.05, 0.1) is 16.1 Å². The second-order valence-corrected chi connectivity index (χ2v) is 5.86. The first kappa shape index (κ1) is 17.0. The minimum Gasteiger partial charge on any atom is -0.490 e. The molecule has 0 unspecified atom stereocenters. The van der Waals surface area contributed by atoms with Crippen LogP contribution in [0.25, 0.3) is 0 Å². The Morgan fingerprint density at radius 1 is 1.09 bits per heavy atom. The van der Waals surface area contributed by atoms with Crippen LogP contribution in [0.3, 0.4) is 0 Å². The molecular formula is C17H15BrO5. The molecule has 5 nitrogen and oxygen atoms in total. The molecule has 0 aliphatic heterocycles. The van der Waals surface area contributed by atoms with E-state index in [0.717, 1.165) is 0 Å². The number of hydrogen-bond donors (Lipinski definition) is 1. The van der Waals surface area contributed by atoms with Crippen LogP contribution in [0.1, 0.15) is 34.6 Å². The van der Waals surface area contributed by atoms with Crippen molar-refractivity contribution in [2.75, 3.05) is 0 Å². The van der Waals surface area contributed by atoms with E-state index in [4.69, 9.17) is 14.6 Å². The van der Waals surface area contributed by atoms with Crippen molar-refractivity contribution in [1.29, 1.82) is 0 Å². The Bertz CT molecular complexity index is 740. The number of rotatable bonds is 5.